The van der Waals surface area contributed by atoms with E-state index in [4.69, 9.17) is 28.4 Å². The normalized spacial score (nSPS) is 56.1. The van der Waals surface area contributed by atoms with Crippen molar-refractivity contribution >= 4 is 0 Å². The van der Waals surface area contributed by atoms with Gasteiger partial charge < -0.3 is 74.4 Å². The Morgan fingerprint density at radius 1 is 0.722 bits per heavy atom. The maximum atomic E-state index is 10.5. The standard InChI is InChI=1S/C21H32O15/c22-3-7-11(25)13(27)15(29)19(33-7)32-4-8-12(26)14(28)16(30)20(34-8)35-18-9-6(1-2-31-18)10(24)17-21(9,5-23)36-17/h1-2,6-20,22-30H,3-5H2/t6?,7-,8+,9?,10+,11+,12+,13+,14-,15-,16-,17+,18-,19-,20+,21-/m0/s1. The first kappa shape index (κ1) is 26.6. The molecule has 0 aromatic carbocycles. The lowest BCUT2D eigenvalue weighted by molar-refractivity contribution is -0.355. The fraction of sp³-hybridized carbons (Fsp3) is 0.905. The molecule has 3 saturated heterocycles. The Bertz CT molecular complexity index is 812. The maximum Gasteiger partial charge on any atom is 0.208 e. The highest BCUT2D eigenvalue weighted by Gasteiger charge is 2.75. The first-order valence-corrected chi connectivity index (χ1v) is 11.7. The van der Waals surface area contributed by atoms with E-state index in [1.54, 1.807) is 6.08 Å². The van der Waals surface area contributed by atoms with Crippen LogP contribution in [0.5, 0.6) is 0 Å². The minimum Gasteiger partial charge on any atom is -0.472 e. The summed E-state index contributed by atoms with van der Waals surface area (Å²) in [4.78, 5) is 0. The predicted octanol–water partition coefficient (Wildman–Crippen LogP) is -5.77. The van der Waals surface area contributed by atoms with Crippen LogP contribution in [-0.4, -0.2) is 151 Å². The summed E-state index contributed by atoms with van der Waals surface area (Å²) in [7, 11) is 0. The monoisotopic (exact) mass is 524 g/mol. The third kappa shape index (κ3) is 4.17. The summed E-state index contributed by atoms with van der Waals surface area (Å²) in [5.41, 5.74) is -1.09. The fourth-order valence-corrected chi connectivity index (χ4v) is 5.56. The zero-order valence-corrected chi connectivity index (χ0v) is 18.9. The van der Waals surface area contributed by atoms with Crippen LogP contribution in [0.3, 0.4) is 0 Å². The quantitative estimate of drug-likeness (QED) is 0.141. The second-order valence-corrected chi connectivity index (χ2v) is 9.76. The molecule has 0 aromatic heterocycles. The molecule has 1 saturated carbocycles. The topological polar surface area (TPSA) is 241 Å². The highest BCUT2D eigenvalue weighted by atomic mass is 16.8. The summed E-state index contributed by atoms with van der Waals surface area (Å²) < 4.78 is 33.1. The molecule has 2 unspecified atom stereocenters. The Morgan fingerprint density at radius 2 is 1.36 bits per heavy atom. The second-order valence-electron chi connectivity index (χ2n) is 9.76. The smallest absolute Gasteiger partial charge is 0.208 e. The average molecular weight is 524 g/mol. The van der Waals surface area contributed by atoms with E-state index in [2.05, 4.69) is 0 Å². The van der Waals surface area contributed by atoms with Gasteiger partial charge in [0, 0.05) is 5.92 Å². The van der Waals surface area contributed by atoms with E-state index >= 15 is 0 Å². The molecule has 4 aliphatic heterocycles. The van der Waals surface area contributed by atoms with E-state index in [-0.39, 0.29) is 0 Å². The van der Waals surface area contributed by atoms with Crippen LogP contribution >= 0.6 is 0 Å². The van der Waals surface area contributed by atoms with Crippen molar-refractivity contribution < 1.29 is 74.4 Å². The van der Waals surface area contributed by atoms with Gasteiger partial charge in [0.1, 0.15) is 60.5 Å². The summed E-state index contributed by atoms with van der Waals surface area (Å²) in [6, 6.07) is 0. The molecule has 0 aromatic rings. The minimum atomic E-state index is -1.74. The third-order valence-corrected chi connectivity index (χ3v) is 7.72. The zero-order valence-electron chi connectivity index (χ0n) is 18.9. The van der Waals surface area contributed by atoms with Crippen molar-refractivity contribution in [2.75, 3.05) is 19.8 Å². The zero-order chi connectivity index (χ0) is 25.9. The van der Waals surface area contributed by atoms with Gasteiger partial charge >= 0.3 is 0 Å². The molecule has 0 amide bonds. The number of aliphatic hydroxyl groups is 9. The van der Waals surface area contributed by atoms with Gasteiger partial charge in [0.2, 0.25) is 6.29 Å². The van der Waals surface area contributed by atoms with Crippen LogP contribution in [0.25, 0.3) is 0 Å². The molecular weight excluding hydrogens is 492 g/mol. The molecule has 15 heteroatoms. The Labute approximate surface area is 204 Å². The van der Waals surface area contributed by atoms with E-state index in [1.165, 1.54) is 6.26 Å². The molecule has 5 rings (SSSR count). The molecule has 1 aliphatic carbocycles. The number of hydrogen-bond acceptors (Lipinski definition) is 15. The summed E-state index contributed by atoms with van der Waals surface area (Å²) >= 11 is 0. The molecule has 0 bridgehead atoms. The summed E-state index contributed by atoms with van der Waals surface area (Å²) in [5.74, 6) is -1.12. The van der Waals surface area contributed by atoms with Crippen LogP contribution in [0.4, 0.5) is 0 Å². The molecule has 5 aliphatic rings. The first-order valence-electron chi connectivity index (χ1n) is 11.7. The SMILES string of the molecule is OC[C@@H]1O[C@H](OC[C@H]2O[C@H](O[C@@H]3OC=CC4C3[C@]3(CO)O[C@@H]3[C@@H]4O)[C@@H](O)[C@@H](O)[C@@H]2O)[C@@H](O)[C@H](O)[C@@H]1O. The van der Waals surface area contributed by atoms with Crippen LogP contribution in [0.1, 0.15) is 0 Å². The Morgan fingerprint density at radius 3 is 2.03 bits per heavy atom. The molecule has 15 nitrogen and oxygen atoms in total. The Hall–Kier alpha value is -1.02. The van der Waals surface area contributed by atoms with E-state index in [1.807, 2.05) is 0 Å². The van der Waals surface area contributed by atoms with E-state index in [9.17, 15) is 46.0 Å². The first-order chi connectivity index (χ1) is 17.1. The molecule has 0 spiro atoms. The van der Waals surface area contributed by atoms with Gasteiger partial charge in [-0.2, -0.15) is 0 Å². The number of ether oxygens (including phenoxy) is 6. The van der Waals surface area contributed by atoms with Crippen molar-refractivity contribution in [2.24, 2.45) is 11.8 Å². The van der Waals surface area contributed by atoms with Crippen LogP contribution in [0, 0.1) is 11.8 Å². The molecule has 0 radical (unpaired) electrons. The highest BCUT2D eigenvalue weighted by molar-refractivity contribution is 5.24. The average Bonchev–Trinajstić information content (AvgIpc) is 3.57. The van der Waals surface area contributed by atoms with Gasteiger partial charge in [-0.1, -0.05) is 0 Å². The maximum absolute atomic E-state index is 10.5. The predicted molar refractivity (Wildman–Crippen MR) is 109 cm³/mol. The molecule has 206 valence electrons. The van der Waals surface area contributed by atoms with Crippen LogP contribution in [0.2, 0.25) is 0 Å². The summed E-state index contributed by atoms with van der Waals surface area (Å²) in [6.07, 6.45) is -15.4. The van der Waals surface area contributed by atoms with E-state index in [0.717, 1.165) is 0 Å². The van der Waals surface area contributed by atoms with Gasteiger partial charge in [0.15, 0.2) is 12.6 Å². The van der Waals surface area contributed by atoms with Gasteiger partial charge in [0.05, 0.1) is 38.1 Å². The highest BCUT2D eigenvalue weighted by Crippen LogP contribution is 2.59. The van der Waals surface area contributed by atoms with Gasteiger partial charge in [0.25, 0.3) is 0 Å². The Balaban J connectivity index is 1.25. The van der Waals surface area contributed by atoms with Crippen molar-refractivity contribution in [3.63, 3.8) is 0 Å². The second kappa shape index (κ2) is 9.94. The number of hydrogen-bond donors (Lipinski definition) is 9. The van der Waals surface area contributed by atoms with Crippen molar-refractivity contribution in [3.8, 4) is 0 Å². The van der Waals surface area contributed by atoms with Crippen LogP contribution in [-0.2, 0) is 28.4 Å². The van der Waals surface area contributed by atoms with Crippen molar-refractivity contribution in [2.45, 2.75) is 85.5 Å². The van der Waals surface area contributed by atoms with Crippen molar-refractivity contribution in [3.05, 3.63) is 12.3 Å². The van der Waals surface area contributed by atoms with Crippen LogP contribution in [0.15, 0.2) is 12.3 Å². The van der Waals surface area contributed by atoms with Gasteiger partial charge in [-0.05, 0) is 6.08 Å². The minimum absolute atomic E-state index is 0.405. The molecule has 4 fully saturated rings. The lowest BCUT2D eigenvalue weighted by Crippen LogP contribution is -2.62. The molecule has 16 atom stereocenters. The number of fused-ring (bicyclic) bond motifs is 3. The summed E-state index contributed by atoms with van der Waals surface area (Å²) in [6.45, 7) is -1.59. The summed E-state index contributed by atoms with van der Waals surface area (Å²) in [5, 5.41) is 90.8. The van der Waals surface area contributed by atoms with Gasteiger partial charge in [-0.15, -0.1) is 0 Å². The van der Waals surface area contributed by atoms with Crippen LogP contribution < -0.4 is 0 Å². The van der Waals surface area contributed by atoms with E-state index in [0.29, 0.717) is 0 Å². The van der Waals surface area contributed by atoms with Crippen molar-refractivity contribution in [1.29, 1.82) is 0 Å². The molecular formula is C21H32O15. The number of aliphatic hydroxyl groups excluding tert-OH is 9. The largest absolute Gasteiger partial charge is 0.472 e. The Kier molecular flexibility index (Phi) is 7.34. The van der Waals surface area contributed by atoms with Crippen molar-refractivity contribution in [1.82, 2.24) is 0 Å². The number of rotatable bonds is 7. The molecule has 4 heterocycles. The number of epoxide rings is 1. The third-order valence-electron chi connectivity index (χ3n) is 7.72. The fourth-order valence-electron chi connectivity index (χ4n) is 5.56. The molecule has 36 heavy (non-hydrogen) atoms. The van der Waals surface area contributed by atoms with E-state index < -0.39 is 117 Å². The van der Waals surface area contributed by atoms with Gasteiger partial charge in [-0.25, -0.2) is 0 Å². The molecule has 9 N–H and O–H groups in total. The van der Waals surface area contributed by atoms with Gasteiger partial charge in [-0.3, -0.25) is 0 Å². The lowest BCUT2D eigenvalue weighted by Gasteiger charge is -2.44. The lowest BCUT2D eigenvalue weighted by atomic mass is 9.85.